The lowest BCUT2D eigenvalue weighted by Gasteiger charge is -2.21. The van der Waals surface area contributed by atoms with Gasteiger partial charge in [0, 0.05) is 18.5 Å². The van der Waals surface area contributed by atoms with Gasteiger partial charge < -0.3 is 5.32 Å². The summed E-state index contributed by atoms with van der Waals surface area (Å²) in [6, 6.07) is 0.849. The van der Waals surface area contributed by atoms with Crippen molar-refractivity contribution in [3.8, 4) is 0 Å². The van der Waals surface area contributed by atoms with Gasteiger partial charge in [-0.05, 0) is 37.1 Å². The summed E-state index contributed by atoms with van der Waals surface area (Å²) < 4.78 is 2.05. The van der Waals surface area contributed by atoms with Crippen LogP contribution in [0.3, 0.4) is 0 Å². The van der Waals surface area contributed by atoms with Gasteiger partial charge in [-0.3, -0.25) is 0 Å². The minimum Gasteiger partial charge on any atom is -0.313 e. The van der Waals surface area contributed by atoms with Gasteiger partial charge in [-0.1, -0.05) is 34.6 Å². The summed E-state index contributed by atoms with van der Waals surface area (Å²) in [5.74, 6) is 1.79. The molecule has 0 radical (unpaired) electrons. The molecule has 0 aromatic carbocycles. The Morgan fingerprint density at radius 1 is 1.25 bits per heavy atom. The molecule has 0 aliphatic heterocycles. The second kappa shape index (κ2) is 5.14. The van der Waals surface area contributed by atoms with Crippen LogP contribution in [-0.2, 0) is 6.42 Å². The number of aromatic nitrogens is 3. The number of nitrogens with one attached hydrogen (secondary N) is 1. The maximum Gasteiger partial charge on any atom is 0.138 e. The third-order valence-electron chi connectivity index (χ3n) is 5.54. The van der Waals surface area contributed by atoms with Crippen molar-refractivity contribution in [2.45, 2.75) is 67.0 Å². The SMILES string of the molecule is CCNC(Cc1ncnn1C(C)C)C1C(C)(C)C1(C)C. The number of nitrogens with zero attached hydrogens (tertiary/aromatic N) is 3. The number of hydrogen-bond donors (Lipinski definition) is 1. The molecule has 4 nitrogen and oxygen atoms in total. The topological polar surface area (TPSA) is 42.7 Å². The highest BCUT2D eigenvalue weighted by Gasteiger charge is 2.66. The van der Waals surface area contributed by atoms with Crippen LogP contribution >= 0.6 is 0 Å². The third-order valence-corrected chi connectivity index (χ3v) is 5.54. The lowest BCUT2D eigenvalue weighted by Crippen LogP contribution is -2.36. The van der Waals surface area contributed by atoms with Crippen LogP contribution in [0.15, 0.2) is 6.33 Å². The second-order valence-electron chi connectivity index (χ2n) is 7.50. The summed E-state index contributed by atoms with van der Waals surface area (Å²) in [6.45, 7) is 17.0. The van der Waals surface area contributed by atoms with Crippen molar-refractivity contribution in [3.05, 3.63) is 12.2 Å². The van der Waals surface area contributed by atoms with E-state index in [-0.39, 0.29) is 0 Å². The average Bonchev–Trinajstić information content (AvgIpc) is 2.68. The minimum atomic E-state index is 0.370. The second-order valence-corrected chi connectivity index (χ2v) is 7.50. The summed E-state index contributed by atoms with van der Waals surface area (Å²) in [6.07, 6.45) is 2.64. The molecule has 1 heterocycles. The zero-order chi connectivity index (χ0) is 15.1. The first-order valence-corrected chi connectivity index (χ1v) is 7.85. The monoisotopic (exact) mass is 278 g/mol. The van der Waals surface area contributed by atoms with E-state index in [1.807, 2.05) is 4.68 Å². The molecule has 0 bridgehead atoms. The molecule has 1 aromatic heterocycles. The van der Waals surface area contributed by atoms with Gasteiger partial charge >= 0.3 is 0 Å². The summed E-state index contributed by atoms with van der Waals surface area (Å²) in [7, 11) is 0. The van der Waals surface area contributed by atoms with Crippen molar-refractivity contribution in [3.63, 3.8) is 0 Å². The van der Waals surface area contributed by atoms with Gasteiger partial charge in [-0.2, -0.15) is 5.10 Å². The number of rotatable bonds is 6. The molecule has 1 atom stereocenters. The maximum absolute atomic E-state index is 4.48. The third kappa shape index (κ3) is 2.39. The summed E-state index contributed by atoms with van der Waals surface area (Å²) >= 11 is 0. The smallest absolute Gasteiger partial charge is 0.138 e. The van der Waals surface area contributed by atoms with E-state index in [0.29, 0.717) is 28.8 Å². The largest absolute Gasteiger partial charge is 0.313 e. The van der Waals surface area contributed by atoms with Crippen LogP contribution in [0.4, 0.5) is 0 Å². The molecule has 0 spiro atoms. The zero-order valence-corrected chi connectivity index (χ0v) is 14.1. The predicted octanol–water partition coefficient (Wildman–Crippen LogP) is 3.06. The molecular weight excluding hydrogens is 248 g/mol. The van der Waals surface area contributed by atoms with E-state index in [2.05, 4.69) is 63.9 Å². The fourth-order valence-electron chi connectivity index (χ4n) is 3.87. The maximum atomic E-state index is 4.48. The lowest BCUT2D eigenvalue weighted by molar-refractivity contribution is 0.383. The van der Waals surface area contributed by atoms with E-state index in [4.69, 9.17) is 0 Å². The summed E-state index contributed by atoms with van der Waals surface area (Å²) in [4.78, 5) is 4.48. The predicted molar refractivity (Wildman–Crippen MR) is 82.6 cm³/mol. The van der Waals surface area contributed by atoms with Gasteiger partial charge in [0.15, 0.2) is 0 Å². The van der Waals surface area contributed by atoms with Gasteiger partial charge in [-0.25, -0.2) is 9.67 Å². The standard InChI is InChI=1S/C16H30N4/c1-8-17-12(14-15(4,5)16(14,6)7)9-13-18-10-19-20(13)11(2)3/h10-12,14,17H,8-9H2,1-7H3. The number of likely N-dealkylation sites (N-methyl/N-ethyl adjacent to an activating group) is 1. The molecule has 0 saturated heterocycles. The van der Waals surface area contributed by atoms with Crippen LogP contribution in [-0.4, -0.2) is 27.4 Å². The molecule has 1 saturated carbocycles. The Bertz CT molecular complexity index is 445. The van der Waals surface area contributed by atoms with Crippen molar-refractivity contribution in [1.82, 2.24) is 20.1 Å². The van der Waals surface area contributed by atoms with Gasteiger partial charge in [0.05, 0.1) is 0 Å². The Balaban J connectivity index is 2.17. The van der Waals surface area contributed by atoms with Crippen LogP contribution in [0.25, 0.3) is 0 Å². The number of hydrogen-bond acceptors (Lipinski definition) is 3. The van der Waals surface area contributed by atoms with Crippen molar-refractivity contribution < 1.29 is 0 Å². The first-order valence-electron chi connectivity index (χ1n) is 7.85. The van der Waals surface area contributed by atoms with Crippen molar-refractivity contribution in [2.24, 2.45) is 16.7 Å². The fourth-order valence-corrected chi connectivity index (χ4v) is 3.87. The van der Waals surface area contributed by atoms with Crippen molar-refractivity contribution in [1.29, 1.82) is 0 Å². The molecule has 1 unspecified atom stereocenters. The minimum absolute atomic E-state index is 0.370. The Morgan fingerprint density at radius 2 is 1.85 bits per heavy atom. The van der Waals surface area contributed by atoms with Crippen LogP contribution in [0.2, 0.25) is 0 Å². The van der Waals surface area contributed by atoms with Crippen molar-refractivity contribution in [2.75, 3.05) is 6.54 Å². The molecule has 1 aliphatic carbocycles. The Kier molecular flexibility index (Phi) is 3.98. The molecule has 4 heteroatoms. The quantitative estimate of drug-likeness (QED) is 0.869. The van der Waals surface area contributed by atoms with E-state index >= 15 is 0 Å². The van der Waals surface area contributed by atoms with Crippen LogP contribution in [0.1, 0.15) is 60.3 Å². The average molecular weight is 278 g/mol. The summed E-state index contributed by atoms with van der Waals surface area (Å²) in [5.41, 5.74) is 0.783. The highest BCUT2D eigenvalue weighted by Crippen LogP contribution is 2.69. The van der Waals surface area contributed by atoms with E-state index in [0.717, 1.165) is 18.8 Å². The van der Waals surface area contributed by atoms with Crippen LogP contribution in [0, 0.1) is 16.7 Å². The Labute approximate surface area is 123 Å². The highest BCUT2D eigenvalue weighted by molar-refractivity contribution is 5.17. The lowest BCUT2D eigenvalue weighted by atomic mass is 10.0. The fraction of sp³-hybridized carbons (Fsp3) is 0.875. The van der Waals surface area contributed by atoms with E-state index in [1.165, 1.54) is 0 Å². The molecule has 1 aliphatic rings. The molecule has 1 N–H and O–H groups in total. The van der Waals surface area contributed by atoms with E-state index in [1.54, 1.807) is 6.33 Å². The van der Waals surface area contributed by atoms with E-state index in [9.17, 15) is 0 Å². The Morgan fingerprint density at radius 3 is 2.30 bits per heavy atom. The molecule has 1 aromatic rings. The highest BCUT2D eigenvalue weighted by atomic mass is 15.3. The Hall–Kier alpha value is -0.900. The molecule has 1 fully saturated rings. The zero-order valence-electron chi connectivity index (χ0n) is 14.1. The summed E-state index contributed by atoms with van der Waals surface area (Å²) in [5, 5.41) is 8.04. The molecule has 20 heavy (non-hydrogen) atoms. The normalized spacial score (nSPS) is 22.2. The van der Waals surface area contributed by atoms with Crippen LogP contribution in [0.5, 0.6) is 0 Å². The van der Waals surface area contributed by atoms with E-state index < -0.39 is 0 Å². The molecule has 0 amide bonds. The van der Waals surface area contributed by atoms with Gasteiger partial charge in [0.25, 0.3) is 0 Å². The molecule has 114 valence electrons. The van der Waals surface area contributed by atoms with Gasteiger partial charge in [0.1, 0.15) is 12.2 Å². The molecule has 2 rings (SSSR count). The van der Waals surface area contributed by atoms with Gasteiger partial charge in [0.2, 0.25) is 0 Å². The first-order chi connectivity index (χ1) is 9.23. The van der Waals surface area contributed by atoms with Crippen molar-refractivity contribution >= 4 is 0 Å². The van der Waals surface area contributed by atoms with Crippen LogP contribution < -0.4 is 5.32 Å². The first kappa shape index (κ1) is 15.5. The van der Waals surface area contributed by atoms with Gasteiger partial charge in [-0.15, -0.1) is 0 Å². The molecular formula is C16H30N4.